The lowest BCUT2D eigenvalue weighted by Gasteiger charge is -2.10. The SMILES string of the molecule is Cc1ccc(C)c(OCC(=O)NCc2ccc(S(N)(=O)=O)s2)c1. The minimum Gasteiger partial charge on any atom is -0.483 e. The van der Waals surface area contributed by atoms with E-state index < -0.39 is 10.0 Å². The second-order valence-corrected chi connectivity index (χ2v) is 8.06. The molecule has 0 aliphatic carbocycles. The van der Waals surface area contributed by atoms with Crippen molar-refractivity contribution in [1.29, 1.82) is 0 Å². The molecule has 0 saturated heterocycles. The number of amides is 1. The van der Waals surface area contributed by atoms with Gasteiger partial charge in [0.1, 0.15) is 9.96 Å². The second kappa shape index (κ2) is 7.12. The Bertz CT molecular complexity index is 813. The van der Waals surface area contributed by atoms with Gasteiger partial charge in [-0.15, -0.1) is 11.3 Å². The lowest BCUT2D eigenvalue weighted by molar-refractivity contribution is -0.123. The van der Waals surface area contributed by atoms with Gasteiger partial charge in [0.05, 0.1) is 6.54 Å². The van der Waals surface area contributed by atoms with Crippen molar-refractivity contribution in [3.63, 3.8) is 0 Å². The van der Waals surface area contributed by atoms with Crippen molar-refractivity contribution in [2.45, 2.75) is 24.6 Å². The summed E-state index contributed by atoms with van der Waals surface area (Å²) in [6, 6.07) is 8.83. The predicted molar refractivity (Wildman–Crippen MR) is 88.9 cm³/mol. The highest BCUT2D eigenvalue weighted by molar-refractivity contribution is 7.91. The third kappa shape index (κ3) is 5.05. The monoisotopic (exact) mass is 354 g/mol. The minimum absolute atomic E-state index is 0.0772. The van der Waals surface area contributed by atoms with Gasteiger partial charge >= 0.3 is 0 Å². The predicted octanol–water partition coefficient (Wildman–Crippen LogP) is 1.71. The second-order valence-electron chi connectivity index (χ2n) is 5.10. The third-order valence-electron chi connectivity index (χ3n) is 3.08. The minimum atomic E-state index is -3.69. The first-order chi connectivity index (χ1) is 10.8. The highest BCUT2D eigenvalue weighted by Crippen LogP contribution is 2.20. The van der Waals surface area contributed by atoms with Gasteiger partial charge in [0.25, 0.3) is 5.91 Å². The van der Waals surface area contributed by atoms with Crippen molar-refractivity contribution in [2.24, 2.45) is 5.14 Å². The Morgan fingerprint density at radius 3 is 2.65 bits per heavy atom. The van der Waals surface area contributed by atoms with E-state index in [4.69, 9.17) is 9.88 Å². The Morgan fingerprint density at radius 2 is 2.00 bits per heavy atom. The number of carbonyl (C=O) groups is 1. The third-order valence-corrected chi connectivity index (χ3v) is 5.60. The number of nitrogens with two attached hydrogens (primary N) is 1. The van der Waals surface area contributed by atoms with Crippen LogP contribution in [0.4, 0.5) is 0 Å². The summed E-state index contributed by atoms with van der Waals surface area (Å²) in [5.41, 5.74) is 2.01. The average Bonchev–Trinajstić information content (AvgIpc) is 2.95. The zero-order valence-electron chi connectivity index (χ0n) is 12.8. The number of aryl methyl sites for hydroxylation is 2. The zero-order valence-corrected chi connectivity index (χ0v) is 14.5. The Hall–Kier alpha value is -1.90. The molecular weight excluding hydrogens is 336 g/mol. The molecule has 2 aromatic rings. The molecule has 1 amide bonds. The summed E-state index contributed by atoms with van der Waals surface area (Å²) in [7, 11) is -3.69. The number of rotatable bonds is 6. The van der Waals surface area contributed by atoms with Crippen LogP contribution in [-0.2, 0) is 21.4 Å². The molecular formula is C15H18N2O4S2. The number of thiophene rings is 1. The van der Waals surface area contributed by atoms with Crippen LogP contribution in [0.2, 0.25) is 0 Å². The molecule has 0 bridgehead atoms. The van der Waals surface area contributed by atoms with E-state index in [9.17, 15) is 13.2 Å². The van der Waals surface area contributed by atoms with Crippen LogP contribution in [0.5, 0.6) is 5.75 Å². The molecule has 0 atom stereocenters. The van der Waals surface area contributed by atoms with Crippen molar-refractivity contribution < 1.29 is 17.9 Å². The van der Waals surface area contributed by atoms with E-state index in [0.29, 0.717) is 10.6 Å². The smallest absolute Gasteiger partial charge is 0.258 e. The number of hydrogen-bond acceptors (Lipinski definition) is 5. The molecule has 1 aromatic carbocycles. The summed E-state index contributed by atoms with van der Waals surface area (Å²) in [5.74, 6) is 0.393. The molecule has 6 nitrogen and oxygen atoms in total. The molecule has 0 saturated carbocycles. The van der Waals surface area contributed by atoms with E-state index in [-0.39, 0.29) is 23.3 Å². The molecule has 0 spiro atoms. The number of hydrogen-bond donors (Lipinski definition) is 2. The Balaban J connectivity index is 1.86. The van der Waals surface area contributed by atoms with Crippen LogP contribution in [-0.4, -0.2) is 20.9 Å². The maximum Gasteiger partial charge on any atom is 0.258 e. The molecule has 2 rings (SSSR count). The van der Waals surface area contributed by atoms with Gasteiger partial charge in [-0.2, -0.15) is 0 Å². The van der Waals surface area contributed by atoms with Crippen molar-refractivity contribution in [1.82, 2.24) is 5.32 Å². The maximum atomic E-state index is 11.8. The van der Waals surface area contributed by atoms with Gasteiger partial charge in [0.2, 0.25) is 10.0 Å². The number of carbonyl (C=O) groups excluding carboxylic acids is 1. The molecule has 1 aromatic heterocycles. The van der Waals surface area contributed by atoms with E-state index in [1.54, 1.807) is 6.07 Å². The topological polar surface area (TPSA) is 98.5 Å². The van der Waals surface area contributed by atoms with E-state index in [1.165, 1.54) is 6.07 Å². The van der Waals surface area contributed by atoms with Crippen LogP contribution >= 0.6 is 11.3 Å². The lowest BCUT2D eigenvalue weighted by atomic mass is 10.1. The van der Waals surface area contributed by atoms with Gasteiger partial charge < -0.3 is 10.1 Å². The first kappa shape index (κ1) is 17.5. The Labute approximate surface area is 139 Å². The summed E-state index contributed by atoms with van der Waals surface area (Å²) in [6.45, 7) is 3.99. The fourth-order valence-electron chi connectivity index (χ4n) is 1.85. The van der Waals surface area contributed by atoms with Crippen molar-refractivity contribution in [3.05, 3.63) is 46.3 Å². The molecule has 1 heterocycles. The van der Waals surface area contributed by atoms with E-state index in [0.717, 1.165) is 22.5 Å². The summed E-state index contributed by atoms with van der Waals surface area (Å²) in [4.78, 5) is 12.5. The zero-order chi connectivity index (χ0) is 17.0. The summed E-state index contributed by atoms with van der Waals surface area (Å²) in [6.07, 6.45) is 0. The fraction of sp³-hybridized carbons (Fsp3) is 0.267. The van der Waals surface area contributed by atoms with Crippen LogP contribution < -0.4 is 15.2 Å². The van der Waals surface area contributed by atoms with Gasteiger partial charge in [-0.05, 0) is 43.2 Å². The molecule has 0 radical (unpaired) electrons. The number of benzene rings is 1. The van der Waals surface area contributed by atoms with Gasteiger partial charge in [0, 0.05) is 4.88 Å². The molecule has 0 aliphatic heterocycles. The first-order valence-electron chi connectivity index (χ1n) is 6.84. The largest absolute Gasteiger partial charge is 0.483 e. The molecule has 0 aliphatic rings. The van der Waals surface area contributed by atoms with Crippen LogP contribution in [0.3, 0.4) is 0 Å². The normalized spacial score (nSPS) is 11.3. The number of primary sulfonamides is 1. The van der Waals surface area contributed by atoms with Crippen LogP contribution in [0.15, 0.2) is 34.5 Å². The lowest BCUT2D eigenvalue weighted by Crippen LogP contribution is -2.28. The number of sulfonamides is 1. The van der Waals surface area contributed by atoms with Crippen LogP contribution in [0.1, 0.15) is 16.0 Å². The fourth-order valence-corrected chi connectivity index (χ4v) is 3.57. The maximum absolute atomic E-state index is 11.8. The van der Waals surface area contributed by atoms with Crippen LogP contribution in [0.25, 0.3) is 0 Å². The summed E-state index contributed by atoms with van der Waals surface area (Å²) >= 11 is 1.03. The van der Waals surface area contributed by atoms with Crippen molar-refractivity contribution in [3.8, 4) is 5.75 Å². The summed E-state index contributed by atoms with van der Waals surface area (Å²) in [5, 5.41) is 7.72. The average molecular weight is 354 g/mol. The van der Waals surface area contributed by atoms with Gasteiger partial charge in [-0.25, -0.2) is 13.6 Å². The van der Waals surface area contributed by atoms with Crippen LogP contribution in [0, 0.1) is 13.8 Å². The Morgan fingerprint density at radius 1 is 1.26 bits per heavy atom. The number of nitrogens with one attached hydrogen (secondary N) is 1. The molecule has 23 heavy (non-hydrogen) atoms. The van der Waals surface area contributed by atoms with E-state index >= 15 is 0 Å². The highest BCUT2D eigenvalue weighted by Gasteiger charge is 2.12. The standard InChI is InChI=1S/C15H18N2O4S2/c1-10-3-4-11(2)13(7-10)21-9-14(18)17-8-12-5-6-15(22-12)23(16,19)20/h3-7H,8-9H2,1-2H3,(H,17,18)(H2,16,19,20). The first-order valence-corrected chi connectivity index (χ1v) is 9.20. The quantitative estimate of drug-likeness (QED) is 0.825. The summed E-state index contributed by atoms with van der Waals surface area (Å²) < 4.78 is 27.9. The number of ether oxygens (including phenoxy) is 1. The van der Waals surface area contributed by atoms with E-state index in [1.807, 2.05) is 32.0 Å². The van der Waals surface area contributed by atoms with Crippen molar-refractivity contribution in [2.75, 3.05) is 6.61 Å². The molecule has 0 unspecified atom stereocenters. The van der Waals surface area contributed by atoms with Gasteiger partial charge in [-0.3, -0.25) is 4.79 Å². The van der Waals surface area contributed by atoms with E-state index in [2.05, 4.69) is 5.32 Å². The van der Waals surface area contributed by atoms with Crippen molar-refractivity contribution >= 4 is 27.3 Å². The Kier molecular flexibility index (Phi) is 5.40. The molecule has 124 valence electrons. The highest BCUT2D eigenvalue weighted by atomic mass is 32.2. The van der Waals surface area contributed by atoms with Gasteiger partial charge in [0.15, 0.2) is 6.61 Å². The van der Waals surface area contributed by atoms with Gasteiger partial charge in [-0.1, -0.05) is 12.1 Å². The molecule has 8 heteroatoms. The molecule has 0 fully saturated rings. The molecule has 3 N–H and O–H groups in total.